The number of benzene rings is 2. The minimum Gasteiger partial charge on any atom is -0.478 e. The van der Waals surface area contributed by atoms with Crippen LogP contribution in [0.3, 0.4) is 0 Å². The third-order valence-corrected chi connectivity index (χ3v) is 6.65. The van der Waals surface area contributed by atoms with E-state index in [4.69, 9.17) is 27.9 Å². The fraction of sp³-hybridized carbons (Fsp3) is 0.200. The van der Waals surface area contributed by atoms with Crippen molar-refractivity contribution in [2.45, 2.75) is 4.90 Å². The second-order valence-corrected chi connectivity index (χ2v) is 8.90. The first-order valence-corrected chi connectivity index (χ1v) is 10.9. The summed E-state index contributed by atoms with van der Waals surface area (Å²) in [5, 5.41) is 14.2. The molecule has 0 aliphatic carbocycles. The van der Waals surface area contributed by atoms with Crippen LogP contribution in [0.2, 0.25) is 10.0 Å². The lowest BCUT2D eigenvalue weighted by Crippen LogP contribution is -2.37. The molecule has 1 atom stereocenters. The Labute approximate surface area is 185 Å². The van der Waals surface area contributed by atoms with Crippen LogP contribution in [-0.2, 0) is 15.7 Å². The van der Waals surface area contributed by atoms with Gasteiger partial charge in [-0.15, -0.1) is 0 Å². The number of pyridine rings is 1. The van der Waals surface area contributed by atoms with E-state index >= 15 is 0 Å². The smallest absolute Gasteiger partial charge is 0.337 e. The summed E-state index contributed by atoms with van der Waals surface area (Å²) in [6.07, 6.45) is 1.54. The standard InChI is InChI=1S/C20H17Cl2N3O4S/c21-12-2-4-16-15(9-12)19(24-17-10-13(22)1-3-14(17)20(26)27)18(11-23-16)30(28)25-5-7-29-8-6-25/h1-4,9-11H,5-8H2,(H,23,24)(H,26,27). The van der Waals surface area contributed by atoms with E-state index in [1.807, 2.05) is 0 Å². The predicted octanol–water partition coefficient (Wildman–Crippen LogP) is 4.34. The summed E-state index contributed by atoms with van der Waals surface area (Å²) in [6.45, 7) is 1.99. The van der Waals surface area contributed by atoms with Crippen LogP contribution in [0.15, 0.2) is 47.5 Å². The number of carbonyl (C=O) groups is 1. The van der Waals surface area contributed by atoms with Crippen LogP contribution >= 0.6 is 23.2 Å². The van der Waals surface area contributed by atoms with Gasteiger partial charge in [0.05, 0.1) is 40.6 Å². The Kier molecular flexibility index (Phi) is 6.21. The van der Waals surface area contributed by atoms with E-state index in [9.17, 15) is 14.1 Å². The molecule has 0 bridgehead atoms. The van der Waals surface area contributed by atoms with Crippen LogP contribution in [0.25, 0.3) is 10.9 Å². The largest absolute Gasteiger partial charge is 0.478 e. The SMILES string of the molecule is O=C(O)c1ccc(Cl)cc1Nc1c(S(=O)N2CCOCC2)cnc2ccc(Cl)cc12. The fourth-order valence-electron chi connectivity index (χ4n) is 3.20. The Morgan fingerprint density at radius 2 is 1.83 bits per heavy atom. The van der Waals surface area contributed by atoms with Crippen LogP contribution in [0, 0.1) is 0 Å². The molecule has 0 spiro atoms. The lowest BCUT2D eigenvalue weighted by molar-refractivity contribution is 0.0698. The van der Waals surface area contributed by atoms with Gasteiger partial charge in [-0.2, -0.15) is 0 Å². The maximum atomic E-state index is 13.4. The normalized spacial score (nSPS) is 15.8. The predicted molar refractivity (Wildman–Crippen MR) is 117 cm³/mol. The number of nitrogens with zero attached hydrogens (tertiary/aromatic N) is 2. The van der Waals surface area contributed by atoms with Gasteiger partial charge in [-0.1, -0.05) is 23.2 Å². The number of aromatic nitrogens is 1. The molecular weight excluding hydrogens is 449 g/mol. The second kappa shape index (κ2) is 8.87. The Morgan fingerprint density at radius 1 is 1.13 bits per heavy atom. The van der Waals surface area contributed by atoms with Crippen molar-refractivity contribution in [2.75, 3.05) is 31.6 Å². The number of hydrogen-bond donors (Lipinski definition) is 2. The van der Waals surface area contributed by atoms with Gasteiger partial charge in [0, 0.05) is 34.7 Å². The minimum atomic E-state index is -1.54. The van der Waals surface area contributed by atoms with Gasteiger partial charge in [-0.3, -0.25) is 4.98 Å². The first-order valence-electron chi connectivity index (χ1n) is 9.07. The lowest BCUT2D eigenvalue weighted by atomic mass is 10.1. The van der Waals surface area contributed by atoms with Crippen molar-refractivity contribution in [3.8, 4) is 0 Å². The molecule has 1 unspecified atom stereocenters. The number of ether oxygens (including phenoxy) is 1. The monoisotopic (exact) mass is 465 g/mol. The molecule has 2 aromatic carbocycles. The maximum absolute atomic E-state index is 13.4. The fourth-order valence-corrected chi connectivity index (χ4v) is 4.78. The molecule has 2 heterocycles. The van der Waals surface area contributed by atoms with E-state index < -0.39 is 17.0 Å². The molecule has 30 heavy (non-hydrogen) atoms. The zero-order chi connectivity index (χ0) is 21.3. The molecule has 4 rings (SSSR count). The van der Waals surface area contributed by atoms with Gasteiger partial charge in [0.15, 0.2) is 0 Å². The molecule has 1 aliphatic heterocycles. The van der Waals surface area contributed by atoms with Crippen molar-refractivity contribution in [1.82, 2.24) is 9.29 Å². The molecule has 0 radical (unpaired) electrons. The van der Waals surface area contributed by atoms with E-state index in [0.29, 0.717) is 57.8 Å². The highest BCUT2D eigenvalue weighted by atomic mass is 35.5. The summed E-state index contributed by atoms with van der Waals surface area (Å²) in [5.41, 5.74) is 1.41. The molecule has 1 fully saturated rings. The van der Waals surface area contributed by atoms with Gasteiger partial charge >= 0.3 is 5.97 Å². The van der Waals surface area contributed by atoms with E-state index in [1.165, 1.54) is 24.4 Å². The Morgan fingerprint density at radius 3 is 2.57 bits per heavy atom. The number of morpholine rings is 1. The van der Waals surface area contributed by atoms with Gasteiger partial charge in [0.25, 0.3) is 0 Å². The Hall–Kier alpha value is -2.23. The number of anilines is 2. The van der Waals surface area contributed by atoms with E-state index in [1.54, 1.807) is 22.5 Å². The first-order chi connectivity index (χ1) is 14.4. The van der Waals surface area contributed by atoms with Crippen LogP contribution in [0.5, 0.6) is 0 Å². The second-order valence-electron chi connectivity index (χ2n) is 6.57. The molecule has 0 amide bonds. The number of fused-ring (bicyclic) bond motifs is 1. The first kappa shape index (κ1) is 21.0. The van der Waals surface area contributed by atoms with Crippen molar-refractivity contribution in [1.29, 1.82) is 0 Å². The number of rotatable bonds is 5. The van der Waals surface area contributed by atoms with Gasteiger partial charge in [0.1, 0.15) is 11.0 Å². The number of hydrogen-bond acceptors (Lipinski definition) is 5. The van der Waals surface area contributed by atoms with Crippen LogP contribution < -0.4 is 5.32 Å². The van der Waals surface area contributed by atoms with Gasteiger partial charge in [-0.05, 0) is 36.4 Å². The van der Waals surface area contributed by atoms with E-state index in [0.717, 1.165) is 0 Å². The van der Waals surface area contributed by atoms with Gasteiger partial charge in [-0.25, -0.2) is 13.3 Å². The molecule has 1 aromatic heterocycles. The summed E-state index contributed by atoms with van der Waals surface area (Å²) in [4.78, 5) is 16.6. The van der Waals surface area contributed by atoms with Crippen LogP contribution in [-0.4, -0.2) is 50.9 Å². The van der Waals surface area contributed by atoms with Crippen LogP contribution in [0.1, 0.15) is 10.4 Å². The molecular formula is C20H17Cl2N3O4S. The molecule has 3 aromatic rings. The Bertz CT molecular complexity index is 1150. The van der Waals surface area contributed by atoms with Crippen molar-refractivity contribution in [2.24, 2.45) is 0 Å². The highest BCUT2D eigenvalue weighted by molar-refractivity contribution is 7.82. The molecule has 0 saturated carbocycles. The maximum Gasteiger partial charge on any atom is 0.337 e. The quantitative estimate of drug-likeness (QED) is 0.582. The number of aromatic carboxylic acids is 1. The van der Waals surface area contributed by atoms with Crippen molar-refractivity contribution >= 4 is 62.4 Å². The topological polar surface area (TPSA) is 91.8 Å². The summed E-state index contributed by atoms with van der Waals surface area (Å²) in [7, 11) is -1.54. The molecule has 1 saturated heterocycles. The zero-order valence-corrected chi connectivity index (χ0v) is 17.9. The number of halogens is 2. The molecule has 10 heteroatoms. The third-order valence-electron chi connectivity index (χ3n) is 4.66. The third kappa shape index (κ3) is 4.28. The highest BCUT2D eigenvalue weighted by Gasteiger charge is 2.24. The average molecular weight is 466 g/mol. The number of carboxylic acid groups (broad SMARTS) is 1. The summed E-state index contributed by atoms with van der Waals surface area (Å²) < 4.78 is 20.5. The highest BCUT2D eigenvalue weighted by Crippen LogP contribution is 2.35. The summed E-state index contributed by atoms with van der Waals surface area (Å²) in [5.74, 6) is -1.11. The summed E-state index contributed by atoms with van der Waals surface area (Å²) in [6, 6.07) is 9.61. The minimum absolute atomic E-state index is 0.0366. The number of nitrogens with one attached hydrogen (secondary N) is 1. The Balaban J connectivity index is 1.88. The van der Waals surface area contributed by atoms with E-state index in [2.05, 4.69) is 10.3 Å². The average Bonchev–Trinajstić information content (AvgIpc) is 2.74. The number of carboxylic acids is 1. The molecule has 156 valence electrons. The van der Waals surface area contributed by atoms with Gasteiger partial charge < -0.3 is 15.2 Å². The molecule has 2 N–H and O–H groups in total. The molecule has 7 nitrogen and oxygen atoms in total. The zero-order valence-electron chi connectivity index (χ0n) is 15.6. The van der Waals surface area contributed by atoms with E-state index in [-0.39, 0.29) is 11.3 Å². The van der Waals surface area contributed by atoms with Crippen molar-refractivity contribution in [3.63, 3.8) is 0 Å². The van der Waals surface area contributed by atoms with Crippen molar-refractivity contribution in [3.05, 3.63) is 58.2 Å². The summed E-state index contributed by atoms with van der Waals surface area (Å²) >= 11 is 12.3. The van der Waals surface area contributed by atoms with Crippen LogP contribution in [0.4, 0.5) is 11.4 Å². The molecule has 1 aliphatic rings. The lowest BCUT2D eigenvalue weighted by Gasteiger charge is -2.26. The van der Waals surface area contributed by atoms with Crippen molar-refractivity contribution < 1.29 is 18.8 Å². The van der Waals surface area contributed by atoms with Gasteiger partial charge in [0.2, 0.25) is 0 Å².